The summed E-state index contributed by atoms with van der Waals surface area (Å²) in [6, 6.07) is 3.06. The molecule has 0 atom stereocenters. The van der Waals surface area contributed by atoms with Crippen molar-refractivity contribution in [1.29, 1.82) is 0 Å². The number of hydrogen-bond donors (Lipinski definition) is 3. The standard InChI is InChI=1S/C8H6BrCl2N3O2/c9-3-1-4(10)6(5(11)2-3)13-7(15)8(16)14-12/h1-2H,12H2,(H,13,15)(H,14,16). The molecule has 0 heterocycles. The maximum absolute atomic E-state index is 11.2. The first kappa shape index (κ1) is 13.2. The van der Waals surface area contributed by atoms with E-state index in [4.69, 9.17) is 29.0 Å². The smallest absolute Gasteiger partial charge is 0.315 e. The predicted octanol–water partition coefficient (Wildman–Crippen LogP) is 1.68. The van der Waals surface area contributed by atoms with Gasteiger partial charge in [-0.3, -0.25) is 15.0 Å². The molecule has 0 aliphatic heterocycles. The molecule has 0 aliphatic carbocycles. The maximum Gasteiger partial charge on any atom is 0.323 e. The van der Waals surface area contributed by atoms with Crippen LogP contribution in [0.1, 0.15) is 0 Å². The number of hydrogen-bond acceptors (Lipinski definition) is 3. The van der Waals surface area contributed by atoms with Crippen molar-refractivity contribution in [1.82, 2.24) is 5.43 Å². The minimum absolute atomic E-state index is 0.153. The molecule has 86 valence electrons. The highest BCUT2D eigenvalue weighted by Gasteiger charge is 2.16. The van der Waals surface area contributed by atoms with E-state index < -0.39 is 11.8 Å². The summed E-state index contributed by atoms with van der Waals surface area (Å²) in [5.74, 6) is 2.85. The van der Waals surface area contributed by atoms with Crippen molar-refractivity contribution in [3.8, 4) is 0 Å². The molecule has 1 rings (SSSR count). The summed E-state index contributed by atoms with van der Waals surface area (Å²) in [6.45, 7) is 0. The summed E-state index contributed by atoms with van der Waals surface area (Å²) >= 11 is 14.8. The molecule has 8 heteroatoms. The van der Waals surface area contributed by atoms with Gasteiger partial charge in [-0.25, -0.2) is 5.84 Å². The number of nitrogens with two attached hydrogens (primary N) is 1. The van der Waals surface area contributed by atoms with E-state index in [2.05, 4.69) is 21.2 Å². The number of nitrogens with one attached hydrogen (secondary N) is 2. The fraction of sp³-hybridized carbons (Fsp3) is 0. The zero-order chi connectivity index (χ0) is 12.3. The van der Waals surface area contributed by atoms with Crippen molar-refractivity contribution >= 4 is 56.6 Å². The molecule has 0 aromatic heterocycles. The summed E-state index contributed by atoms with van der Waals surface area (Å²) < 4.78 is 0.656. The van der Waals surface area contributed by atoms with Crippen LogP contribution in [0.25, 0.3) is 0 Å². The molecule has 4 N–H and O–H groups in total. The molecule has 0 unspecified atom stereocenters. The second-order valence-corrected chi connectivity index (χ2v) is 4.40. The molecule has 1 aromatic carbocycles. The minimum Gasteiger partial charge on any atom is -0.315 e. The lowest BCUT2D eigenvalue weighted by Crippen LogP contribution is -2.39. The molecular weight excluding hydrogens is 321 g/mol. The summed E-state index contributed by atoms with van der Waals surface area (Å²) in [7, 11) is 0. The molecule has 0 bridgehead atoms. The Bertz CT molecular complexity index is 430. The number of hydrazine groups is 1. The molecule has 0 fully saturated rings. The van der Waals surface area contributed by atoms with Crippen molar-refractivity contribution in [3.63, 3.8) is 0 Å². The van der Waals surface area contributed by atoms with Gasteiger partial charge in [-0.05, 0) is 12.1 Å². The van der Waals surface area contributed by atoms with Gasteiger partial charge in [0.15, 0.2) is 0 Å². The van der Waals surface area contributed by atoms with E-state index in [0.717, 1.165) is 0 Å². The summed E-state index contributed by atoms with van der Waals surface area (Å²) in [5.41, 5.74) is 1.84. The minimum atomic E-state index is -0.991. The normalized spacial score (nSPS) is 9.75. The Morgan fingerprint density at radius 1 is 1.19 bits per heavy atom. The Morgan fingerprint density at radius 3 is 2.12 bits per heavy atom. The maximum atomic E-state index is 11.2. The molecule has 16 heavy (non-hydrogen) atoms. The number of anilines is 1. The Hall–Kier alpha value is -0.820. The van der Waals surface area contributed by atoms with Gasteiger partial charge in [0, 0.05) is 4.47 Å². The predicted molar refractivity (Wildman–Crippen MR) is 65.1 cm³/mol. The fourth-order valence-electron chi connectivity index (χ4n) is 0.897. The molecule has 0 radical (unpaired) electrons. The van der Waals surface area contributed by atoms with E-state index in [9.17, 15) is 9.59 Å². The third-order valence-corrected chi connectivity index (χ3v) is 2.64. The van der Waals surface area contributed by atoms with Crippen LogP contribution >= 0.6 is 39.1 Å². The highest BCUT2D eigenvalue weighted by atomic mass is 79.9. The molecule has 0 spiro atoms. The van der Waals surface area contributed by atoms with Crippen molar-refractivity contribution in [2.75, 3.05) is 5.32 Å². The Kier molecular flexibility index (Phi) is 4.55. The SMILES string of the molecule is NNC(=O)C(=O)Nc1c(Cl)cc(Br)cc1Cl. The van der Waals surface area contributed by atoms with Crippen LogP contribution in [0.2, 0.25) is 10.0 Å². The topological polar surface area (TPSA) is 84.2 Å². The van der Waals surface area contributed by atoms with E-state index in [0.29, 0.717) is 4.47 Å². The largest absolute Gasteiger partial charge is 0.323 e. The summed E-state index contributed by atoms with van der Waals surface area (Å²) in [6.07, 6.45) is 0. The quantitative estimate of drug-likeness (QED) is 0.318. The van der Waals surface area contributed by atoms with Crippen LogP contribution in [0.4, 0.5) is 5.69 Å². The van der Waals surface area contributed by atoms with Gasteiger partial charge in [0.25, 0.3) is 0 Å². The average Bonchev–Trinajstić information content (AvgIpc) is 2.21. The first-order valence-corrected chi connectivity index (χ1v) is 5.47. The molecular formula is C8H6BrCl2N3O2. The monoisotopic (exact) mass is 325 g/mol. The van der Waals surface area contributed by atoms with E-state index in [1.807, 2.05) is 0 Å². The second-order valence-electron chi connectivity index (χ2n) is 2.67. The van der Waals surface area contributed by atoms with Crippen molar-refractivity contribution < 1.29 is 9.59 Å². The fourth-order valence-corrected chi connectivity index (χ4v) is 2.20. The average molecular weight is 327 g/mol. The van der Waals surface area contributed by atoms with Crippen molar-refractivity contribution in [3.05, 3.63) is 26.7 Å². The van der Waals surface area contributed by atoms with Gasteiger partial charge in [-0.2, -0.15) is 0 Å². The number of benzene rings is 1. The van der Waals surface area contributed by atoms with Crippen LogP contribution in [0, 0.1) is 0 Å². The molecule has 5 nitrogen and oxygen atoms in total. The lowest BCUT2D eigenvalue weighted by atomic mass is 10.3. The van der Waals surface area contributed by atoms with Crippen LogP contribution in [-0.4, -0.2) is 11.8 Å². The lowest BCUT2D eigenvalue weighted by Gasteiger charge is -2.08. The summed E-state index contributed by atoms with van der Waals surface area (Å²) in [5, 5.41) is 2.65. The van der Waals surface area contributed by atoms with E-state index in [-0.39, 0.29) is 15.7 Å². The van der Waals surface area contributed by atoms with Crippen LogP contribution in [0.5, 0.6) is 0 Å². The molecule has 0 saturated heterocycles. The highest BCUT2D eigenvalue weighted by Crippen LogP contribution is 2.33. The Labute approximate surface area is 109 Å². The van der Waals surface area contributed by atoms with Crippen LogP contribution in [-0.2, 0) is 9.59 Å². The van der Waals surface area contributed by atoms with E-state index >= 15 is 0 Å². The zero-order valence-corrected chi connectivity index (χ0v) is 10.8. The lowest BCUT2D eigenvalue weighted by molar-refractivity contribution is -0.136. The van der Waals surface area contributed by atoms with Crippen LogP contribution in [0.15, 0.2) is 16.6 Å². The molecule has 1 aromatic rings. The van der Waals surface area contributed by atoms with Crippen LogP contribution in [0.3, 0.4) is 0 Å². The van der Waals surface area contributed by atoms with Crippen molar-refractivity contribution in [2.24, 2.45) is 5.84 Å². The summed E-state index contributed by atoms with van der Waals surface area (Å²) in [4.78, 5) is 22.1. The number of rotatable bonds is 1. The molecule has 0 aliphatic rings. The number of carbonyl (C=O) groups is 2. The van der Waals surface area contributed by atoms with Gasteiger partial charge in [0.1, 0.15) is 0 Å². The van der Waals surface area contributed by atoms with Gasteiger partial charge in [0.2, 0.25) is 0 Å². The van der Waals surface area contributed by atoms with Gasteiger partial charge in [0.05, 0.1) is 15.7 Å². The van der Waals surface area contributed by atoms with Gasteiger partial charge in [-0.15, -0.1) is 0 Å². The first-order valence-electron chi connectivity index (χ1n) is 3.92. The Morgan fingerprint density at radius 2 is 1.69 bits per heavy atom. The number of amides is 2. The third kappa shape index (κ3) is 3.08. The number of halogens is 3. The number of carbonyl (C=O) groups excluding carboxylic acids is 2. The van der Waals surface area contributed by atoms with E-state index in [1.54, 1.807) is 5.43 Å². The van der Waals surface area contributed by atoms with Crippen LogP contribution < -0.4 is 16.6 Å². The first-order chi connectivity index (χ1) is 7.45. The van der Waals surface area contributed by atoms with Crippen molar-refractivity contribution in [2.45, 2.75) is 0 Å². The third-order valence-electron chi connectivity index (χ3n) is 1.58. The zero-order valence-electron chi connectivity index (χ0n) is 7.68. The second kappa shape index (κ2) is 5.49. The van der Waals surface area contributed by atoms with Gasteiger partial charge in [-0.1, -0.05) is 39.1 Å². The highest BCUT2D eigenvalue weighted by molar-refractivity contribution is 9.10. The molecule has 2 amide bonds. The Balaban J connectivity index is 2.98. The molecule has 0 saturated carbocycles. The van der Waals surface area contributed by atoms with Gasteiger partial charge < -0.3 is 5.32 Å². The van der Waals surface area contributed by atoms with E-state index in [1.165, 1.54) is 12.1 Å². The van der Waals surface area contributed by atoms with Gasteiger partial charge >= 0.3 is 11.8 Å².